The first-order valence-corrected chi connectivity index (χ1v) is 5.48. The fourth-order valence-corrected chi connectivity index (χ4v) is 2.01. The second-order valence-electron chi connectivity index (χ2n) is 4.19. The molecule has 1 aliphatic carbocycles. The van der Waals surface area contributed by atoms with E-state index < -0.39 is 0 Å². The fraction of sp³-hybridized carbons (Fsp3) is 0.636. The van der Waals surface area contributed by atoms with Crippen molar-refractivity contribution < 1.29 is 9.59 Å². The lowest BCUT2D eigenvalue weighted by Crippen LogP contribution is -2.45. The maximum atomic E-state index is 11.8. The zero-order valence-corrected chi connectivity index (χ0v) is 8.66. The van der Waals surface area contributed by atoms with Crippen molar-refractivity contribution in [2.24, 2.45) is 5.92 Å². The topological polar surface area (TPSA) is 58.2 Å². The molecule has 1 saturated heterocycles. The Hall–Kier alpha value is -1.32. The highest BCUT2D eigenvalue weighted by molar-refractivity contribution is 5.83. The van der Waals surface area contributed by atoms with E-state index in [4.69, 9.17) is 0 Å². The minimum atomic E-state index is -0.0386. The van der Waals surface area contributed by atoms with Gasteiger partial charge in [0, 0.05) is 19.0 Å². The summed E-state index contributed by atoms with van der Waals surface area (Å²) in [6.45, 7) is 0.491. The van der Waals surface area contributed by atoms with E-state index in [0.717, 1.165) is 12.8 Å². The van der Waals surface area contributed by atoms with Gasteiger partial charge in [0.05, 0.1) is 5.92 Å². The molecule has 0 aromatic rings. The lowest BCUT2D eigenvalue weighted by Gasteiger charge is -2.23. The monoisotopic (exact) mass is 208 g/mol. The van der Waals surface area contributed by atoms with Gasteiger partial charge in [-0.15, -0.1) is 0 Å². The maximum absolute atomic E-state index is 11.8. The molecular weight excluding hydrogens is 192 g/mol. The Labute approximate surface area is 89.1 Å². The largest absolute Gasteiger partial charge is 0.355 e. The second-order valence-corrected chi connectivity index (χ2v) is 4.19. The molecule has 1 aliphatic heterocycles. The van der Waals surface area contributed by atoms with Crippen molar-refractivity contribution in [3.8, 4) is 0 Å². The molecule has 2 rings (SSSR count). The Morgan fingerprint density at radius 1 is 1.40 bits per heavy atom. The summed E-state index contributed by atoms with van der Waals surface area (Å²) in [5.41, 5.74) is 0. The van der Waals surface area contributed by atoms with Crippen molar-refractivity contribution in [2.45, 2.75) is 31.7 Å². The summed E-state index contributed by atoms with van der Waals surface area (Å²) >= 11 is 0. The number of rotatable bonds is 2. The van der Waals surface area contributed by atoms with Crippen LogP contribution in [0.15, 0.2) is 12.2 Å². The number of piperidine rings is 1. The van der Waals surface area contributed by atoms with Crippen LogP contribution in [0.3, 0.4) is 0 Å². The van der Waals surface area contributed by atoms with Gasteiger partial charge in [0.15, 0.2) is 0 Å². The Bertz CT molecular complexity index is 281. The zero-order chi connectivity index (χ0) is 10.7. The summed E-state index contributed by atoms with van der Waals surface area (Å²) in [5, 5.41) is 5.73. The van der Waals surface area contributed by atoms with E-state index in [9.17, 15) is 9.59 Å². The van der Waals surface area contributed by atoms with Gasteiger partial charge < -0.3 is 10.6 Å². The van der Waals surface area contributed by atoms with Crippen molar-refractivity contribution in [1.82, 2.24) is 10.6 Å². The Morgan fingerprint density at radius 2 is 2.13 bits per heavy atom. The molecule has 0 spiro atoms. The van der Waals surface area contributed by atoms with Gasteiger partial charge >= 0.3 is 0 Å². The second kappa shape index (κ2) is 4.47. The summed E-state index contributed by atoms with van der Waals surface area (Å²) in [6.07, 6.45) is 7.20. The first-order valence-electron chi connectivity index (χ1n) is 5.48. The minimum Gasteiger partial charge on any atom is -0.355 e. The van der Waals surface area contributed by atoms with Gasteiger partial charge in [0.2, 0.25) is 11.8 Å². The summed E-state index contributed by atoms with van der Waals surface area (Å²) in [4.78, 5) is 22.7. The summed E-state index contributed by atoms with van der Waals surface area (Å²) in [6, 6.07) is 0.273. The number of nitrogens with one attached hydrogen (secondary N) is 2. The zero-order valence-electron chi connectivity index (χ0n) is 8.66. The average molecular weight is 208 g/mol. The van der Waals surface area contributed by atoms with Gasteiger partial charge in [-0.2, -0.15) is 0 Å². The molecule has 82 valence electrons. The highest BCUT2D eigenvalue weighted by Gasteiger charge is 2.25. The standard InChI is InChI=1S/C11H16N2O2/c14-10-6-5-8(7-12-10)11(15)13-9-3-1-2-4-9/h1-2,8-9H,3-7H2,(H,12,14)(H,13,15). The van der Waals surface area contributed by atoms with Crippen LogP contribution >= 0.6 is 0 Å². The van der Waals surface area contributed by atoms with Crippen molar-refractivity contribution in [1.29, 1.82) is 0 Å². The predicted octanol–water partition coefficient (Wildman–Crippen LogP) is 0.347. The van der Waals surface area contributed by atoms with Gasteiger partial charge in [0.1, 0.15) is 0 Å². The smallest absolute Gasteiger partial charge is 0.225 e. The molecule has 15 heavy (non-hydrogen) atoms. The van der Waals surface area contributed by atoms with E-state index in [0.29, 0.717) is 19.4 Å². The van der Waals surface area contributed by atoms with Gasteiger partial charge in [-0.3, -0.25) is 9.59 Å². The van der Waals surface area contributed by atoms with E-state index >= 15 is 0 Å². The van der Waals surface area contributed by atoms with Crippen LogP contribution in [0.1, 0.15) is 25.7 Å². The van der Waals surface area contributed by atoms with Crippen molar-refractivity contribution in [3.63, 3.8) is 0 Å². The van der Waals surface area contributed by atoms with E-state index in [1.54, 1.807) is 0 Å². The van der Waals surface area contributed by atoms with Crippen LogP contribution in [0.2, 0.25) is 0 Å². The number of hydrogen-bond acceptors (Lipinski definition) is 2. The summed E-state index contributed by atoms with van der Waals surface area (Å²) < 4.78 is 0. The van der Waals surface area contributed by atoms with E-state index in [1.165, 1.54) is 0 Å². The van der Waals surface area contributed by atoms with Gasteiger partial charge in [-0.1, -0.05) is 12.2 Å². The van der Waals surface area contributed by atoms with Crippen LogP contribution in [0, 0.1) is 5.92 Å². The summed E-state index contributed by atoms with van der Waals surface area (Å²) in [5.74, 6) is 0.105. The molecular formula is C11H16N2O2. The van der Waals surface area contributed by atoms with Crippen LogP contribution < -0.4 is 10.6 Å². The molecule has 4 nitrogen and oxygen atoms in total. The molecule has 1 unspecified atom stereocenters. The third-order valence-electron chi connectivity index (χ3n) is 2.99. The van der Waals surface area contributed by atoms with Crippen LogP contribution in [0.25, 0.3) is 0 Å². The Morgan fingerprint density at radius 3 is 2.73 bits per heavy atom. The average Bonchev–Trinajstić information content (AvgIpc) is 2.71. The number of carbonyl (C=O) groups excluding carboxylic acids is 2. The SMILES string of the molecule is O=C1CCC(C(=O)NC2CC=CC2)CN1. The van der Waals surface area contributed by atoms with Crippen LogP contribution in [0.4, 0.5) is 0 Å². The van der Waals surface area contributed by atoms with Crippen LogP contribution in [-0.2, 0) is 9.59 Å². The quantitative estimate of drug-likeness (QED) is 0.643. The molecule has 2 aliphatic rings. The highest BCUT2D eigenvalue weighted by Crippen LogP contribution is 2.14. The molecule has 0 aromatic carbocycles. The normalized spacial score (nSPS) is 26.4. The minimum absolute atomic E-state index is 0.0386. The van der Waals surface area contributed by atoms with Gasteiger partial charge in [-0.05, 0) is 19.3 Å². The molecule has 0 bridgehead atoms. The van der Waals surface area contributed by atoms with Gasteiger partial charge in [-0.25, -0.2) is 0 Å². The van der Waals surface area contributed by atoms with Crippen molar-refractivity contribution >= 4 is 11.8 Å². The van der Waals surface area contributed by atoms with Crippen molar-refractivity contribution in [3.05, 3.63) is 12.2 Å². The molecule has 0 saturated carbocycles. The number of carbonyl (C=O) groups is 2. The van der Waals surface area contributed by atoms with Crippen LogP contribution in [0.5, 0.6) is 0 Å². The molecule has 1 atom stereocenters. The number of hydrogen-bond donors (Lipinski definition) is 2. The maximum Gasteiger partial charge on any atom is 0.225 e. The first-order chi connectivity index (χ1) is 7.25. The molecule has 1 fully saturated rings. The fourth-order valence-electron chi connectivity index (χ4n) is 2.01. The van der Waals surface area contributed by atoms with Crippen molar-refractivity contribution in [2.75, 3.05) is 6.54 Å². The molecule has 2 amide bonds. The first kappa shape index (κ1) is 10.2. The van der Waals surface area contributed by atoms with Crippen LogP contribution in [-0.4, -0.2) is 24.4 Å². The highest BCUT2D eigenvalue weighted by atomic mass is 16.2. The molecule has 0 aromatic heterocycles. The Balaban J connectivity index is 1.78. The lowest BCUT2D eigenvalue weighted by atomic mass is 9.98. The molecule has 2 N–H and O–H groups in total. The Kier molecular flexibility index (Phi) is 3.04. The van der Waals surface area contributed by atoms with E-state index in [1.807, 2.05) is 0 Å². The van der Waals surface area contributed by atoms with E-state index in [2.05, 4.69) is 22.8 Å². The molecule has 4 heteroatoms. The third-order valence-corrected chi connectivity index (χ3v) is 2.99. The third kappa shape index (κ3) is 2.58. The predicted molar refractivity (Wildman–Crippen MR) is 56.0 cm³/mol. The lowest BCUT2D eigenvalue weighted by molar-refractivity contribution is -0.129. The molecule has 0 radical (unpaired) electrons. The molecule has 1 heterocycles. The number of amides is 2. The summed E-state index contributed by atoms with van der Waals surface area (Å²) in [7, 11) is 0. The van der Waals surface area contributed by atoms with Gasteiger partial charge in [0.25, 0.3) is 0 Å². The van der Waals surface area contributed by atoms with E-state index in [-0.39, 0.29) is 23.8 Å².